The number of hydrogen-bond acceptors (Lipinski definition) is 1. The molecule has 1 aromatic carbocycles. The maximum atomic E-state index is 12.5. The highest BCUT2D eigenvalue weighted by Crippen LogP contribution is 2.21. The van der Waals surface area contributed by atoms with Crippen LogP contribution in [0.1, 0.15) is 0 Å². The van der Waals surface area contributed by atoms with Crippen LogP contribution < -0.4 is 4.74 Å². The van der Waals surface area contributed by atoms with E-state index in [1.54, 1.807) is 0 Å². The van der Waals surface area contributed by atoms with E-state index in [0.717, 1.165) is 0 Å². The fourth-order valence-electron chi connectivity index (χ4n) is 0.639. The maximum Gasteiger partial charge on any atom is 0.411 e. The van der Waals surface area contributed by atoms with E-state index in [1.165, 1.54) is 24.3 Å². The van der Waals surface area contributed by atoms with Crippen LogP contribution in [-0.2, 0) is 0 Å². The molecule has 0 fully saturated rings. The van der Waals surface area contributed by atoms with Crippen LogP contribution in [0, 0.1) is 6.07 Å². The number of benzene rings is 1. The smallest absolute Gasteiger partial charge is 0.411 e. The summed E-state index contributed by atoms with van der Waals surface area (Å²) in [5.41, 5.74) is 0. The van der Waals surface area contributed by atoms with E-state index in [0.29, 0.717) is 0 Å². The average molecular weight is 192 g/mol. The summed E-state index contributed by atoms with van der Waals surface area (Å²) in [4.78, 5) is 0. The molecular formula is C8H6ClF2O. The van der Waals surface area contributed by atoms with Crippen LogP contribution in [0.25, 0.3) is 0 Å². The second-order valence-corrected chi connectivity index (χ2v) is 2.38. The van der Waals surface area contributed by atoms with E-state index in [-0.39, 0.29) is 5.75 Å². The summed E-state index contributed by atoms with van der Waals surface area (Å²) < 4.78 is 29.2. The van der Waals surface area contributed by atoms with Crippen LogP contribution in [0.2, 0.25) is 0 Å². The summed E-state index contributed by atoms with van der Waals surface area (Å²) >= 11 is 4.96. The van der Waals surface area contributed by atoms with Crippen LogP contribution in [-0.4, -0.2) is 12.0 Å². The molecule has 0 bridgehead atoms. The molecule has 0 saturated carbocycles. The molecule has 0 amide bonds. The molecule has 4 heteroatoms. The fraction of sp³-hybridized carbons (Fsp3) is 0.250. The Kier molecular flexibility index (Phi) is 2.87. The highest BCUT2D eigenvalue weighted by Gasteiger charge is 2.29. The zero-order valence-electron chi connectivity index (χ0n) is 6.06. The first-order valence-corrected chi connectivity index (χ1v) is 3.76. The molecule has 12 heavy (non-hydrogen) atoms. The van der Waals surface area contributed by atoms with Gasteiger partial charge in [-0.2, -0.15) is 8.78 Å². The Hall–Kier alpha value is -0.830. The first-order chi connectivity index (χ1) is 5.64. The third-order valence-corrected chi connectivity index (χ3v) is 1.42. The van der Waals surface area contributed by atoms with E-state index in [4.69, 9.17) is 11.6 Å². The van der Waals surface area contributed by atoms with Gasteiger partial charge in [-0.05, 0) is 18.2 Å². The van der Waals surface area contributed by atoms with Crippen molar-refractivity contribution in [2.45, 2.75) is 6.11 Å². The van der Waals surface area contributed by atoms with Gasteiger partial charge in [-0.3, -0.25) is 0 Å². The van der Waals surface area contributed by atoms with Gasteiger partial charge in [-0.25, -0.2) is 0 Å². The summed E-state index contributed by atoms with van der Waals surface area (Å²) in [5, 5.41) is 0. The van der Waals surface area contributed by atoms with E-state index in [2.05, 4.69) is 10.8 Å². The number of ether oxygens (including phenoxy) is 1. The quantitative estimate of drug-likeness (QED) is 0.668. The minimum Gasteiger partial charge on any atom is -0.432 e. The van der Waals surface area contributed by atoms with Gasteiger partial charge in [0.25, 0.3) is 0 Å². The normalized spacial score (nSPS) is 11.2. The van der Waals surface area contributed by atoms with Crippen molar-refractivity contribution in [2.75, 3.05) is 5.88 Å². The monoisotopic (exact) mass is 191 g/mol. The third kappa shape index (κ3) is 2.66. The zero-order valence-corrected chi connectivity index (χ0v) is 6.81. The molecule has 0 heterocycles. The van der Waals surface area contributed by atoms with Gasteiger partial charge in [0.15, 0.2) is 0 Å². The number of halogens is 3. The summed E-state index contributed by atoms with van der Waals surface area (Å²) in [6, 6.07) is 8.43. The van der Waals surface area contributed by atoms with Crippen molar-refractivity contribution in [3.05, 3.63) is 30.3 Å². The first-order valence-electron chi connectivity index (χ1n) is 3.23. The lowest BCUT2D eigenvalue weighted by Crippen LogP contribution is -2.26. The van der Waals surface area contributed by atoms with Crippen molar-refractivity contribution in [3.63, 3.8) is 0 Å². The predicted molar refractivity (Wildman–Crippen MR) is 41.6 cm³/mol. The van der Waals surface area contributed by atoms with Crippen LogP contribution in [0.4, 0.5) is 8.78 Å². The predicted octanol–water partition coefficient (Wildman–Crippen LogP) is 2.70. The molecule has 1 radical (unpaired) electrons. The average Bonchev–Trinajstić information content (AvgIpc) is 2.06. The van der Waals surface area contributed by atoms with Crippen LogP contribution in [0.5, 0.6) is 5.75 Å². The molecule has 0 N–H and O–H groups in total. The van der Waals surface area contributed by atoms with Crippen LogP contribution in [0.3, 0.4) is 0 Å². The lowest BCUT2D eigenvalue weighted by molar-refractivity contribution is -0.155. The Morgan fingerprint density at radius 1 is 1.42 bits per heavy atom. The highest BCUT2D eigenvalue weighted by molar-refractivity contribution is 6.18. The lowest BCUT2D eigenvalue weighted by Gasteiger charge is -2.14. The van der Waals surface area contributed by atoms with Gasteiger partial charge < -0.3 is 4.74 Å². The van der Waals surface area contributed by atoms with Gasteiger partial charge in [-0.1, -0.05) is 12.1 Å². The molecule has 0 unspecified atom stereocenters. The Bertz CT molecular complexity index is 238. The van der Waals surface area contributed by atoms with E-state index < -0.39 is 12.0 Å². The van der Waals surface area contributed by atoms with Gasteiger partial charge in [0, 0.05) is 0 Å². The molecule has 0 aromatic heterocycles. The van der Waals surface area contributed by atoms with Crippen molar-refractivity contribution in [2.24, 2.45) is 0 Å². The minimum atomic E-state index is -3.30. The summed E-state index contributed by atoms with van der Waals surface area (Å²) in [6.07, 6.45) is -3.30. The Morgan fingerprint density at radius 3 is 2.50 bits per heavy atom. The van der Waals surface area contributed by atoms with Gasteiger partial charge >= 0.3 is 6.11 Å². The molecule has 1 aromatic rings. The van der Waals surface area contributed by atoms with Crippen molar-refractivity contribution in [1.29, 1.82) is 0 Å². The molecule has 0 aliphatic heterocycles. The number of rotatable bonds is 3. The first kappa shape index (κ1) is 9.26. The van der Waals surface area contributed by atoms with Crippen molar-refractivity contribution >= 4 is 11.6 Å². The van der Waals surface area contributed by atoms with Crippen molar-refractivity contribution < 1.29 is 13.5 Å². The molecule has 0 spiro atoms. The van der Waals surface area contributed by atoms with E-state index in [1.807, 2.05) is 0 Å². The molecule has 0 atom stereocenters. The van der Waals surface area contributed by atoms with Crippen LogP contribution >= 0.6 is 11.6 Å². The highest BCUT2D eigenvalue weighted by atomic mass is 35.5. The number of hydrogen-bond donors (Lipinski definition) is 0. The molecule has 0 aliphatic rings. The molecule has 1 nitrogen and oxygen atoms in total. The fourth-order valence-corrected chi connectivity index (χ4v) is 0.694. The standard InChI is InChI=1S/C8H6ClF2O/c9-6-8(10,11)12-7-4-2-1-3-5-7/h2-5H,6H2. The maximum absolute atomic E-state index is 12.5. The van der Waals surface area contributed by atoms with Crippen LogP contribution in [0.15, 0.2) is 24.3 Å². The van der Waals surface area contributed by atoms with Gasteiger partial charge in [0.2, 0.25) is 0 Å². The van der Waals surface area contributed by atoms with E-state index in [9.17, 15) is 8.78 Å². The third-order valence-electron chi connectivity index (χ3n) is 1.11. The van der Waals surface area contributed by atoms with Crippen molar-refractivity contribution in [3.8, 4) is 5.75 Å². The Labute approximate surface area is 73.9 Å². The molecule has 65 valence electrons. The van der Waals surface area contributed by atoms with Gasteiger partial charge in [0.1, 0.15) is 11.6 Å². The zero-order chi connectivity index (χ0) is 9.03. The Balaban J connectivity index is 2.64. The summed E-state index contributed by atoms with van der Waals surface area (Å²) in [5.74, 6) is -0.773. The Morgan fingerprint density at radius 2 is 2.00 bits per heavy atom. The summed E-state index contributed by atoms with van der Waals surface area (Å²) in [7, 11) is 0. The van der Waals surface area contributed by atoms with E-state index >= 15 is 0 Å². The lowest BCUT2D eigenvalue weighted by atomic mass is 10.3. The number of alkyl halides is 3. The molecular weight excluding hydrogens is 186 g/mol. The topological polar surface area (TPSA) is 9.23 Å². The SMILES string of the molecule is FC(F)(CCl)Oc1cc[c]cc1. The van der Waals surface area contributed by atoms with Crippen molar-refractivity contribution in [1.82, 2.24) is 0 Å². The second kappa shape index (κ2) is 3.72. The molecule has 1 rings (SSSR count). The summed E-state index contributed by atoms with van der Waals surface area (Å²) in [6.45, 7) is 0. The molecule has 0 saturated heterocycles. The van der Waals surface area contributed by atoms with Gasteiger partial charge in [0.05, 0.1) is 0 Å². The minimum absolute atomic E-state index is 0.0828. The van der Waals surface area contributed by atoms with Gasteiger partial charge in [-0.15, -0.1) is 11.6 Å². The molecule has 0 aliphatic carbocycles. The largest absolute Gasteiger partial charge is 0.432 e. The second-order valence-electron chi connectivity index (χ2n) is 2.11.